The normalized spacial score (nSPS) is 19.8. The molecule has 10 heteroatoms. The topological polar surface area (TPSA) is 75.3 Å². The average molecular weight is 487 g/mol. The van der Waals surface area contributed by atoms with E-state index in [1.807, 2.05) is 0 Å². The number of amides is 1. The molecule has 2 atom stereocenters. The molecule has 0 bridgehead atoms. The molecule has 1 saturated heterocycles. The molecule has 2 aliphatic rings. The van der Waals surface area contributed by atoms with E-state index in [2.05, 4.69) is 10.6 Å². The predicted octanol–water partition coefficient (Wildman–Crippen LogP) is 4.38. The largest absolute Gasteiger partial charge is 0.417 e. The van der Waals surface area contributed by atoms with Crippen molar-refractivity contribution < 1.29 is 26.4 Å². The van der Waals surface area contributed by atoms with Crippen LogP contribution in [-0.4, -0.2) is 32.7 Å². The summed E-state index contributed by atoms with van der Waals surface area (Å²) in [6.07, 6.45) is -2.07. The first-order valence-corrected chi connectivity index (χ1v) is 12.3. The van der Waals surface area contributed by atoms with E-state index in [1.165, 1.54) is 18.2 Å². The number of halogens is 4. The number of hydrogen-bond acceptors (Lipinski definition) is 4. The van der Waals surface area contributed by atoms with Gasteiger partial charge < -0.3 is 10.6 Å². The second-order valence-corrected chi connectivity index (χ2v) is 10.7. The zero-order valence-corrected chi connectivity index (χ0v) is 18.5. The van der Waals surface area contributed by atoms with Gasteiger partial charge in [-0.05, 0) is 61.6 Å². The summed E-state index contributed by atoms with van der Waals surface area (Å²) >= 11 is 5.90. The first-order chi connectivity index (χ1) is 15.1. The number of carbonyl (C=O) groups excluding carboxylic acids is 1. The van der Waals surface area contributed by atoms with Crippen molar-refractivity contribution in [1.82, 2.24) is 10.6 Å². The lowest BCUT2D eigenvalue weighted by Gasteiger charge is -2.36. The summed E-state index contributed by atoms with van der Waals surface area (Å²) in [6, 6.07) is 8.83. The lowest BCUT2D eigenvalue weighted by Crippen LogP contribution is -2.52. The van der Waals surface area contributed by atoms with Crippen molar-refractivity contribution in [2.45, 2.75) is 42.4 Å². The van der Waals surface area contributed by atoms with Gasteiger partial charge in [0.1, 0.15) is 0 Å². The number of rotatable bonds is 7. The SMILES string of the molecule is O=C(N[C@H](c1ccc(S(=O)(=O)CC2CC2)cc1)C1CCN1)c1cccc(C(F)(F)F)c1Cl. The standard InChI is InChI=1S/C22H22ClF3N2O3S/c23-19-16(2-1-3-17(19)22(24,25)26)21(29)28-20(18-10-11-27-18)14-6-8-15(9-7-14)32(30,31)12-13-4-5-13/h1-3,6-9,13,18,20,27H,4-5,10-12H2,(H,28,29)/t18?,20-/m1/s1. The molecule has 1 aliphatic carbocycles. The Morgan fingerprint density at radius 1 is 1.12 bits per heavy atom. The number of alkyl halides is 3. The Morgan fingerprint density at radius 2 is 1.78 bits per heavy atom. The van der Waals surface area contributed by atoms with Crippen LogP contribution in [-0.2, 0) is 16.0 Å². The van der Waals surface area contributed by atoms with E-state index < -0.39 is 38.5 Å². The van der Waals surface area contributed by atoms with Crippen LogP contribution in [0.4, 0.5) is 13.2 Å². The molecule has 0 spiro atoms. The molecule has 2 N–H and O–H groups in total. The highest BCUT2D eigenvalue weighted by molar-refractivity contribution is 7.91. The Hall–Kier alpha value is -2.10. The summed E-state index contributed by atoms with van der Waals surface area (Å²) in [5, 5.41) is 5.30. The molecule has 1 unspecified atom stereocenters. The number of carbonyl (C=O) groups is 1. The molecule has 5 nitrogen and oxygen atoms in total. The van der Waals surface area contributed by atoms with Crippen molar-refractivity contribution in [2.24, 2.45) is 5.92 Å². The van der Waals surface area contributed by atoms with Gasteiger partial charge in [-0.2, -0.15) is 13.2 Å². The van der Waals surface area contributed by atoms with E-state index in [-0.39, 0.29) is 28.2 Å². The monoisotopic (exact) mass is 486 g/mol. The smallest absolute Gasteiger partial charge is 0.344 e. The predicted molar refractivity (Wildman–Crippen MR) is 114 cm³/mol. The van der Waals surface area contributed by atoms with Crippen LogP contribution in [0, 0.1) is 5.92 Å². The molecule has 1 saturated carbocycles. The van der Waals surface area contributed by atoms with Crippen LogP contribution >= 0.6 is 11.6 Å². The maximum absolute atomic E-state index is 13.2. The minimum atomic E-state index is -4.68. The fourth-order valence-corrected chi connectivity index (χ4v) is 5.75. The molecule has 2 aromatic rings. The third kappa shape index (κ3) is 4.94. The molecule has 1 amide bonds. The number of sulfone groups is 1. The van der Waals surface area contributed by atoms with Gasteiger partial charge in [0.2, 0.25) is 0 Å². The van der Waals surface area contributed by atoms with Crippen molar-refractivity contribution in [3.05, 3.63) is 64.2 Å². The quantitative estimate of drug-likeness (QED) is 0.609. The zero-order valence-electron chi connectivity index (χ0n) is 17.0. The van der Waals surface area contributed by atoms with Crippen LogP contribution < -0.4 is 10.6 Å². The fourth-order valence-electron chi connectivity index (χ4n) is 3.73. The minimum absolute atomic E-state index is 0.127. The van der Waals surface area contributed by atoms with Gasteiger partial charge >= 0.3 is 6.18 Å². The van der Waals surface area contributed by atoms with Crippen molar-refractivity contribution in [3.63, 3.8) is 0 Å². The Kier molecular flexibility index (Phi) is 6.26. The van der Waals surface area contributed by atoms with Crippen molar-refractivity contribution >= 4 is 27.3 Å². The van der Waals surface area contributed by atoms with Gasteiger partial charge in [-0.1, -0.05) is 29.8 Å². The van der Waals surface area contributed by atoms with Gasteiger partial charge in [-0.15, -0.1) is 0 Å². The summed E-state index contributed by atoms with van der Waals surface area (Å²) < 4.78 is 64.4. The molecule has 1 aliphatic heterocycles. The maximum Gasteiger partial charge on any atom is 0.417 e. The van der Waals surface area contributed by atoms with Crippen LogP contribution in [0.3, 0.4) is 0 Å². The Balaban J connectivity index is 1.57. The molecule has 4 rings (SSSR count). The third-order valence-corrected chi connectivity index (χ3v) is 8.16. The summed E-state index contributed by atoms with van der Waals surface area (Å²) in [5.74, 6) is -0.376. The number of nitrogens with one attached hydrogen (secondary N) is 2. The van der Waals surface area contributed by atoms with E-state index in [0.29, 0.717) is 5.56 Å². The first kappa shape index (κ1) is 23.1. The Bertz CT molecular complexity index is 1110. The summed E-state index contributed by atoms with van der Waals surface area (Å²) in [5.41, 5.74) is -0.686. The molecule has 0 aromatic heterocycles. The molecular weight excluding hydrogens is 465 g/mol. The zero-order chi connectivity index (χ0) is 23.1. The molecule has 172 valence electrons. The summed E-state index contributed by atoms with van der Waals surface area (Å²) in [4.78, 5) is 13.1. The highest BCUT2D eigenvalue weighted by Gasteiger charge is 2.36. The van der Waals surface area contributed by atoms with Crippen molar-refractivity contribution in [1.29, 1.82) is 0 Å². The van der Waals surface area contributed by atoms with Crippen molar-refractivity contribution in [2.75, 3.05) is 12.3 Å². The van der Waals surface area contributed by atoms with Gasteiger partial charge in [0, 0.05) is 6.04 Å². The fraction of sp³-hybridized carbons (Fsp3) is 0.409. The van der Waals surface area contributed by atoms with E-state index in [0.717, 1.165) is 37.9 Å². The molecule has 1 heterocycles. The van der Waals surface area contributed by atoms with Gasteiger partial charge in [-0.3, -0.25) is 4.79 Å². The molecule has 0 radical (unpaired) electrons. The second kappa shape index (κ2) is 8.68. The Labute approximate surface area is 189 Å². The van der Waals surface area contributed by atoms with Crippen LogP contribution in [0.5, 0.6) is 0 Å². The van der Waals surface area contributed by atoms with Crippen LogP contribution in [0.2, 0.25) is 5.02 Å². The van der Waals surface area contributed by atoms with Gasteiger partial charge in [-0.25, -0.2) is 8.42 Å². The highest BCUT2D eigenvalue weighted by atomic mass is 35.5. The molecular formula is C22H22ClF3N2O3S. The number of benzene rings is 2. The summed E-state index contributed by atoms with van der Waals surface area (Å²) in [6.45, 7) is 0.745. The third-order valence-electron chi connectivity index (χ3n) is 5.85. The van der Waals surface area contributed by atoms with Crippen LogP contribution in [0.25, 0.3) is 0 Å². The van der Waals surface area contributed by atoms with E-state index in [9.17, 15) is 26.4 Å². The molecule has 2 aromatic carbocycles. The number of hydrogen-bond donors (Lipinski definition) is 2. The van der Waals surface area contributed by atoms with Crippen LogP contribution in [0.15, 0.2) is 47.4 Å². The highest BCUT2D eigenvalue weighted by Crippen LogP contribution is 2.37. The average Bonchev–Trinajstić information content (AvgIpc) is 3.48. The van der Waals surface area contributed by atoms with Gasteiger partial charge in [0.25, 0.3) is 5.91 Å². The Morgan fingerprint density at radius 3 is 2.31 bits per heavy atom. The first-order valence-electron chi connectivity index (χ1n) is 10.3. The van der Waals surface area contributed by atoms with Crippen molar-refractivity contribution in [3.8, 4) is 0 Å². The lowest BCUT2D eigenvalue weighted by molar-refractivity contribution is -0.137. The molecule has 2 fully saturated rings. The van der Waals surface area contributed by atoms with E-state index >= 15 is 0 Å². The molecule has 32 heavy (non-hydrogen) atoms. The summed E-state index contributed by atoms with van der Waals surface area (Å²) in [7, 11) is -3.37. The van der Waals surface area contributed by atoms with E-state index in [4.69, 9.17) is 11.6 Å². The van der Waals surface area contributed by atoms with Gasteiger partial charge in [0.15, 0.2) is 9.84 Å². The minimum Gasteiger partial charge on any atom is -0.344 e. The maximum atomic E-state index is 13.2. The van der Waals surface area contributed by atoms with E-state index in [1.54, 1.807) is 12.1 Å². The van der Waals surface area contributed by atoms with Crippen LogP contribution in [0.1, 0.15) is 46.8 Å². The van der Waals surface area contributed by atoms with Gasteiger partial charge in [0.05, 0.1) is 32.8 Å². The lowest BCUT2D eigenvalue weighted by atomic mass is 9.92. The second-order valence-electron chi connectivity index (χ2n) is 8.26.